The fourth-order valence-corrected chi connectivity index (χ4v) is 3.98. The van der Waals surface area contributed by atoms with Gasteiger partial charge in [0.05, 0.1) is 18.1 Å². The van der Waals surface area contributed by atoms with E-state index < -0.39 is 9.84 Å². The van der Waals surface area contributed by atoms with Gasteiger partial charge in [-0.3, -0.25) is 0 Å². The van der Waals surface area contributed by atoms with Crippen LogP contribution in [-0.4, -0.2) is 57.1 Å². The Kier molecular flexibility index (Phi) is 5.65. The van der Waals surface area contributed by atoms with Crippen molar-refractivity contribution in [1.29, 1.82) is 0 Å². The molecule has 1 aliphatic rings. The van der Waals surface area contributed by atoms with E-state index in [9.17, 15) is 13.2 Å². The number of nitrogens with one attached hydrogen (secondary N) is 1. The molecule has 0 aromatic heterocycles. The van der Waals surface area contributed by atoms with Crippen LogP contribution in [0.5, 0.6) is 5.75 Å². The van der Waals surface area contributed by atoms with Gasteiger partial charge in [0.2, 0.25) is 0 Å². The average molecular weight is 326 g/mol. The van der Waals surface area contributed by atoms with Gasteiger partial charge < -0.3 is 15.0 Å². The van der Waals surface area contributed by atoms with Gasteiger partial charge in [0.15, 0.2) is 9.84 Å². The molecule has 0 aliphatic carbocycles. The Hall–Kier alpha value is -1.76. The zero-order chi connectivity index (χ0) is 16.0. The highest BCUT2D eigenvalue weighted by atomic mass is 32.2. The Bertz CT molecular complexity index is 589. The largest absolute Gasteiger partial charge is 0.494 e. The van der Waals surface area contributed by atoms with Crippen LogP contribution in [0.2, 0.25) is 0 Å². The summed E-state index contributed by atoms with van der Waals surface area (Å²) in [5.41, 5.74) is 0. The molecule has 7 heteroatoms. The summed E-state index contributed by atoms with van der Waals surface area (Å²) in [7, 11) is -1.28. The lowest BCUT2D eigenvalue weighted by Crippen LogP contribution is -2.44. The van der Waals surface area contributed by atoms with Crippen LogP contribution < -0.4 is 10.1 Å². The first kappa shape index (κ1) is 16.6. The van der Waals surface area contributed by atoms with Gasteiger partial charge in [0.25, 0.3) is 0 Å². The van der Waals surface area contributed by atoms with Crippen molar-refractivity contribution < 1.29 is 17.9 Å². The number of amides is 2. The SMILES string of the molecule is CN(CCCOc1ccccc1)C(=O)NC1CCS(=O)(=O)C1. The van der Waals surface area contributed by atoms with E-state index in [1.807, 2.05) is 30.3 Å². The number of ether oxygens (including phenoxy) is 1. The number of carbonyl (C=O) groups is 1. The second-order valence-corrected chi connectivity index (χ2v) is 7.71. The molecule has 22 heavy (non-hydrogen) atoms. The van der Waals surface area contributed by atoms with E-state index >= 15 is 0 Å². The van der Waals surface area contributed by atoms with Crippen molar-refractivity contribution in [1.82, 2.24) is 10.2 Å². The zero-order valence-electron chi connectivity index (χ0n) is 12.7. The lowest BCUT2D eigenvalue weighted by molar-refractivity contribution is 0.200. The molecule has 1 N–H and O–H groups in total. The van der Waals surface area contributed by atoms with Crippen LogP contribution >= 0.6 is 0 Å². The van der Waals surface area contributed by atoms with Crippen LogP contribution in [0.4, 0.5) is 4.79 Å². The summed E-state index contributed by atoms with van der Waals surface area (Å²) in [6.45, 7) is 1.08. The average Bonchev–Trinajstić information content (AvgIpc) is 2.83. The quantitative estimate of drug-likeness (QED) is 0.799. The Labute approximate surface area is 131 Å². The Balaban J connectivity index is 1.64. The molecule has 1 aromatic carbocycles. The fraction of sp³-hybridized carbons (Fsp3) is 0.533. The van der Waals surface area contributed by atoms with Crippen molar-refractivity contribution in [3.63, 3.8) is 0 Å². The van der Waals surface area contributed by atoms with Crippen LogP contribution in [0.15, 0.2) is 30.3 Å². The number of benzene rings is 1. The lowest BCUT2D eigenvalue weighted by atomic mass is 10.3. The minimum absolute atomic E-state index is 0.0453. The summed E-state index contributed by atoms with van der Waals surface area (Å²) >= 11 is 0. The molecule has 1 atom stereocenters. The van der Waals surface area contributed by atoms with Crippen molar-refractivity contribution in [3.05, 3.63) is 30.3 Å². The van der Waals surface area contributed by atoms with Crippen molar-refractivity contribution >= 4 is 15.9 Å². The number of rotatable bonds is 6. The molecule has 2 rings (SSSR count). The first-order valence-electron chi connectivity index (χ1n) is 7.36. The maximum Gasteiger partial charge on any atom is 0.317 e. The molecular weight excluding hydrogens is 304 g/mol. The van der Waals surface area contributed by atoms with Crippen LogP contribution in [0, 0.1) is 0 Å². The van der Waals surface area contributed by atoms with Crippen LogP contribution in [0.1, 0.15) is 12.8 Å². The van der Waals surface area contributed by atoms with Crippen LogP contribution in [-0.2, 0) is 9.84 Å². The van der Waals surface area contributed by atoms with Gasteiger partial charge >= 0.3 is 6.03 Å². The topological polar surface area (TPSA) is 75.7 Å². The van der Waals surface area contributed by atoms with Gasteiger partial charge in [0.1, 0.15) is 5.75 Å². The first-order chi connectivity index (χ1) is 10.5. The van der Waals surface area contributed by atoms with Crippen molar-refractivity contribution in [3.8, 4) is 5.75 Å². The number of sulfone groups is 1. The Morgan fingerprint density at radius 1 is 1.36 bits per heavy atom. The molecule has 1 fully saturated rings. The van der Waals surface area contributed by atoms with Crippen molar-refractivity contribution in [2.45, 2.75) is 18.9 Å². The minimum atomic E-state index is -2.97. The second-order valence-electron chi connectivity index (χ2n) is 5.49. The van der Waals surface area contributed by atoms with Crippen molar-refractivity contribution in [2.24, 2.45) is 0 Å². The number of hydrogen-bond acceptors (Lipinski definition) is 4. The van der Waals surface area contributed by atoms with Gasteiger partial charge in [-0.05, 0) is 25.0 Å². The molecule has 1 unspecified atom stereocenters. The molecule has 2 amide bonds. The normalized spacial score (nSPS) is 19.6. The van der Waals surface area contributed by atoms with E-state index in [0.29, 0.717) is 26.0 Å². The van der Waals surface area contributed by atoms with E-state index in [2.05, 4.69) is 5.32 Å². The van der Waals surface area contributed by atoms with Crippen molar-refractivity contribution in [2.75, 3.05) is 31.7 Å². The molecule has 1 aliphatic heterocycles. The maximum atomic E-state index is 12.0. The highest BCUT2D eigenvalue weighted by Gasteiger charge is 2.29. The molecule has 0 radical (unpaired) electrons. The second kappa shape index (κ2) is 7.49. The van der Waals surface area contributed by atoms with Gasteiger partial charge in [-0.1, -0.05) is 18.2 Å². The van der Waals surface area contributed by atoms with Crippen LogP contribution in [0.25, 0.3) is 0 Å². The zero-order valence-corrected chi connectivity index (χ0v) is 13.5. The molecule has 122 valence electrons. The summed E-state index contributed by atoms with van der Waals surface area (Å²) in [6, 6.07) is 9.01. The molecule has 1 aromatic rings. The molecule has 0 bridgehead atoms. The number of hydrogen-bond donors (Lipinski definition) is 1. The Morgan fingerprint density at radius 2 is 2.09 bits per heavy atom. The highest BCUT2D eigenvalue weighted by Crippen LogP contribution is 2.11. The van der Waals surface area contributed by atoms with E-state index in [0.717, 1.165) is 5.75 Å². The van der Waals surface area contributed by atoms with E-state index in [-0.39, 0.29) is 23.6 Å². The Morgan fingerprint density at radius 3 is 2.73 bits per heavy atom. The summed E-state index contributed by atoms with van der Waals surface area (Å²) in [5, 5.41) is 2.76. The smallest absolute Gasteiger partial charge is 0.317 e. The summed E-state index contributed by atoms with van der Waals surface area (Å²) in [4.78, 5) is 13.5. The predicted octanol–water partition coefficient (Wildman–Crippen LogP) is 1.28. The van der Waals surface area contributed by atoms with E-state index in [4.69, 9.17) is 4.74 Å². The summed E-state index contributed by atoms with van der Waals surface area (Å²) in [5.74, 6) is 1.02. The maximum absolute atomic E-state index is 12.0. The molecular formula is C15H22N2O4S. The number of urea groups is 1. The molecule has 1 saturated heterocycles. The summed E-state index contributed by atoms with van der Waals surface area (Å²) < 4.78 is 28.3. The van der Waals surface area contributed by atoms with Crippen LogP contribution in [0.3, 0.4) is 0 Å². The number of para-hydroxylation sites is 1. The molecule has 1 heterocycles. The third kappa shape index (κ3) is 5.22. The monoisotopic (exact) mass is 326 g/mol. The van der Waals surface area contributed by atoms with E-state index in [1.54, 1.807) is 11.9 Å². The van der Waals surface area contributed by atoms with Gasteiger partial charge in [-0.25, -0.2) is 13.2 Å². The summed E-state index contributed by atoms with van der Waals surface area (Å²) in [6.07, 6.45) is 1.21. The highest BCUT2D eigenvalue weighted by molar-refractivity contribution is 7.91. The third-order valence-corrected chi connectivity index (χ3v) is 5.32. The third-order valence-electron chi connectivity index (χ3n) is 3.56. The molecule has 6 nitrogen and oxygen atoms in total. The lowest BCUT2D eigenvalue weighted by Gasteiger charge is -2.20. The molecule has 0 saturated carbocycles. The van der Waals surface area contributed by atoms with Gasteiger partial charge in [-0.15, -0.1) is 0 Å². The van der Waals surface area contributed by atoms with E-state index in [1.165, 1.54) is 0 Å². The molecule has 0 spiro atoms. The number of carbonyl (C=O) groups excluding carboxylic acids is 1. The first-order valence-corrected chi connectivity index (χ1v) is 9.18. The van der Waals surface area contributed by atoms with Gasteiger partial charge in [0, 0.05) is 19.6 Å². The number of nitrogens with zero attached hydrogens (tertiary/aromatic N) is 1. The predicted molar refractivity (Wildman–Crippen MR) is 84.8 cm³/mol. The fourth-order valence-electron chi connectivity index (χ4n) is 2.30. The van der Waals surface area contributed by atoms with Gasteiger partial charge in [-0.2, -0.15) is 0 Å². The minimum Gasteiger partial charge on any atom is -0.494 e. The standard InChI is InChI=1S/C15H22N2O4S/c1-17(9-5-10-21-14-6-3-2-4-7-14)15(18)16-13-8-11-22(19,20)12-13/h2-4,6-7,13H,5,8-12H2,1H3,(H,16,18).